The van der Waals surface area contributed by atoms with Gasteiger partial charge in [-0.25, -0.2) is 4.98 Å². The van der Waals surface area contributed by atoms with Crippen molar-refractivity contribution in [3.63, 3.8) is 0 Å². The number of aromatic nitrogens is 1. The molecule has 0 saturated heterocycles. The standard InChI is InChI=1S/C24H20N2OS2/c1-2-28-20-15-13-19(14-16-20)23(27)26-24-25-21(17-9-5-3-6-10-17)22(29-24)18-11-7-4-8-12-18/h3-16H,2H2,1H3,(H,25,26,27). The number of amides is 1. The van der Waals surface area contributed by atoms with Gasteiger partial charge in [0.1, 0.15) is 0 Å². The molecular formula is C24H20N2OS2. The lowest BCUT2D eigenvalue weighted by atomic mass is 10.1. The summed E-state index contributed by atoms with van der Waals surface area (Å²) in [6.07, 6.45) is 0. The van der Waals surface area contributed by atoms with Crippen molar-refractivity contribution in [1.29, 1.82) is 0 Å². The molecule has 0 fully saturated rings. The molecule has 1 N–H and O–H groups in total. The van der Waals surface area contributed by atoms with Crippen LogP contribution in [0, 0.1) is 0 Å². The minimum absolute atomic E-state index is 0.147. The Morgan fingerprint density at radius 3 is 2.14 bits per heavy atom. The number of carbonyl (C=O) groups excluding carboxylic acids is 1. The summed E-state index contributed by atoms with van der Waals surface area (Å²) < 4.78 is 0. The van der Waals surface area contributed by atoms with Gasteiger partial charge in [0.15, 0.2) is 5.13 Å². The highest BCUT2D eigenvalue weighted by molar-refractivity contribution is 7.99. The molecule has 1 heterocycles. The molecule has 0 spiro atoms. The van der Waals surface area contributed by atoms with Gasteiger partial charge in [-0.2, -0.15) is 0 Å². The summed E-state index contributed by atoms with van der Waals surface area (Å²) in [5.41, 5.74) is 3.63. The number of hydrogen-bond acceptors (Lipinski definition) is 4. The zero-order valence-corrected chi connectivity index (χ0v) is 17.6. The Hall–Kier alpha value is -2.89. The average molecular weight is 417 g/mol. The first-order valence-electron chi connectivity index (χ1n) is 9.40. The van der Waals surface area contributed by atoms with Gasteiger partial charge in [-0.05, 0) is 35.6 Å². The number of rotatable bonds is 6. The van der Waals surface area contributed by atoms with Crippen molar-refractivity contribution in [1.82, 2.24) is 4.98 Å². The highest BCUT2D eigenvalue weighted by Crippen LogP contribution is 2.39. The van der Waals surface area contributed by atoms with Crippen LogP contribution in [0.2, 0.25) is 0 Å². The Balaban J connectivity index is 1.64. The second-order valence-electron chi connectivity index (χ2n) is 6.34. The van der Waals surface area contributed by atoms with E-state index in [1.165, 1.54) is 11.3 Å². The Kier molecular flexibility index (Phi) is 6.08. The number of carbonyl (C=O) groups is 1. The van der Waals surface area contributed by atoms with Gasteiger partial charge in [-0.15, -0.1) is 11.8 Å². The topological polar surface area (TPSA) is 42.0 Å². The zero-order chi connectivity index (χ0) is 20.1. The lowest BCUT2D eigenvalue weighted by Gasteiger charge is -2.03. The van der Waals surface area contributed by atoms with Crippen LogP contribution < -0.4 is 5.32 Å². The summed E-state index contributed by atoms with van der Waals surface area (Å²) in [6, 6.07) is 27.9. The smallest absolute Gasteiger partial charge is 0.257 e. The summed E-state index contributed by atoms with van der Waals surface area (Å²) in [7, 11) is 0. The van der Waals surface area contributed by atoms with Crippen LogP contribution in [-0.4, -0.2) is 16.6 Å². The minimum atomic E-state index is -0.147. The first kappa shape index (κ1) is 19.4. The van der Waals surface area contributed by atoms with Gasteiger partial charge in [-0.1, -0.05) is 78.9 Å². The highest BCUT2D eigenvalue weighted by Gasteiger charge is 2.17. The molecule has 3 aromatic carbocycles. The number of thioether (sulfide) groups is 1. The molecule has 1 amide bonds. The molecule has 1 aromatic heterocycles. The van der Waals surface area contributed by atoms with Crippen LogP contribution in [0.25, 0.3) is 21.7 Å². The molecule has 3 nitrogen and oxygen atoms in total. The molecule has 4 aromatic rings. The number of benzene rings is 3. The van der Waals surface area contributed by atoms with E-state index in [-0.39, 0.29) is 5.91 Å². The summed E-state index contributed by atoms with van der Waals surface area (Å²) in [6.45, 7) is 2.11. The van der Waals surface area contributed by atoms with E-state index in [1.54, 1.807) is 11.8 Å². The van der Waals surface area contributed by atoms with Crippen molar-refractivity contribution in [3.8, 4) is 21.7 Å². The number of nitrogens with one attached hydrogen (secondary N) is 1. The Labute approximate surface area is 178 Å². The molecular weight excluding hydrogens is 396 g/mol. The summed E-state index contributed by atoms with van der Waals surface area (Å²) in [5, 5.41) is 3.57. The van der Waals surface area contributed by atoms with Gasteiger partial charge in [0.25, 0.3) is 5.91 Å². The van der Waals surface area contributed by atoms with Crippen molar-refractivity contribution in [2.75, 3.05) is 11.1 Å². The molecule has 0 unspecified atom stereocenters. The maximum atomic E-state index is 12.7. The van der Waals surface area contributed by atoms with Gasteiger partial charge >= 0.3 is 0 Å². The fourth-order valence-electron chi connectivity index (χ4n) is 2.99. The van der Waals surface area contributed by atoms with Gasteiger partial charge in [0.2, 0.25) is 0 Å². The van der Waals surface area contributed by atoms with Crippen LogP contribution in [0.1, 0.15) is 17.3 Å². The molecule has 0 radical (unpaired) electrons. The molecule has 0 aliphatic heterocycles. The van der Waals surface area contributed by atoms with Crippen LogP contribution in [0.15, 0.2) is 89.8 Å². The molecule has 29 heavy (non-hydrogen) atoms. The van der Waals surface area contributed by atoms with Crippen molar-refractivity contribution in [3.05, 3.63) is 90.5 Å². The van der Waals surface area contributed by atoms with Crippen molar-refractivity contribution in [2.45, 2.75) is 11.8 Å². The quantitative estimate of drug-likeness (QED) is 0.350. The van der Waals surface area contributed by atoms with Gasteiger partial charge in [0, 0.05) is 16.0 Å². The second kappa shape index (κ2) is 9.07. The van der Waals surface area contributed by atoms with Gasteiger partial charge in [0.05, 0.1) is 10.6 Å². The maximum Gasteiger partial charge on any atom is 0.257 e. The Morgan fingerprint density at radius 2 is 1.52 bits per heavy atom. The number of thiazole rings is 1. The van der Waals surface area contributed by atoms with E-state index in [0.29, 0.717) is 10.7 Å². The monoisotopic (exact) mass is 416 g/mol. The normalized spacial score (nSPS) is 10.7. The number of nitrogens with zero attached hydrogens (tertiary/aromatic N) is 1. The third-order valence-corrected chi connectivity index (χ3v) is 6.27. The molecule has 0 atom stereocenters. The Bertz CT molecular complexity index is 1030. The average Bonchev–Trinajstić information content (AvgIpc) is 3.19. The molecule has 0 saturated carbocycles. The molecule has 0 bridgehead atoms. The lowest BCUT2D eigenvalue weighted by molar-refractivity contribution is 0.102. The lowest BCUT2D eigenvalue weighted by Crippen LogP contribution is -2.11. The first-order valence-corrected chi connectivity index (χ1v) is 11.2. The molecule has 4 rings (SSSR count). The first-order chi connectivity index (χ1) is 14.2. The van der Waals surface area contributed by atoms with Crippen LogP contribution in [0.4, 0.5) is 5.13 Å². The SMILES string of the molecule is CCSc1ccc(C(=O)Nc2nc(-c3ccccc3)c(-c3ccccc3)s2)cc1. The predicted octanol–water partition coefficient (Wildman–Crippen LogP) is 6.84. The largest absolute Gasteiger partial charge is 0.298 e. The van der Waals surface area contributed by atoms with E-state index >= 15 is 0 Å². The van der Waals surface area contributed by atoms with E-state index in [4.69, 9.17) is 4.98 Å². The van der Waals surface area contributed by atoms with Crippen LogP contribution in [0.5, 0.6) is 0 Å². The molecule has 5 heteroatoms. The fraction of sp³-hybridized carbons (Fsp3) is 0.0833. The van der Waals surface area contributed by atoms with Gasteiger partial charge < -0.3 is 0 Å². The summed E-state index contributed by atoms with van der Waals surface area (Å²) in [5.74, 6) is 0.862. The number of hydrogen-bond donors (Lipinski definition) is 1. The molecule has 0 aliphatic carbocycles. The van der Waals surface area contributed by atoms with Crippen LogP contribution in [-0.2, 0) is 0 Å². The van der Waals surface area contributed by atoms with E-state index in [1.807, 2.05) is 72.8 Å². The predicted molar refractivity (Wildman–Crippen MR) is 124 cm³/mol. The zero-order valence-electron chi connectivity index (χ0n) is 16.0. The summed E-state index contributed by atoms with van der Waals surface area (Å²) >= 11 is 3.25. The van der Waals surface area contributed by atoms with Crippen molar-refractivity contribution in [2.24, 2.45) is 0 Å². The minimum Gasteiger partial charge on any atom is -0.298 e. The van der Waals surface area contributed by atoms with E-state index in [9.17, 15) is 4.79 Å². The van der Waals surface area contributed by atoms with Crippen molar-refractivity contribution < 1.29 is 4.79 Å². The third kappa shape index (κ3) is 4.58. The molecule has 144 valence electrons. The van der Waals surface area contributed by atoms with E-state index in [2.05, 4.69) is 24.4 Å². The summed E-state index contributed by atoms with van der Waals surface area (Å²) in [4.78, 5) is 19.7. The van der Waals surface area contributed by atoms with Gasteiger partial charge in [-0.3, -0.25) is 10.1 Å². The fourth-order valence-corrected chi connectivity index (χ4v) is 4.64. The van der Waals surface area contributed by atoms with Crippen LogP contribution in [0.3, 0.4) is 0 Å². The van der Waals surface area contributed by atoms with Crippen LogP contribution >= 0.6 is 23.1 Å². The highest BCUT2D eigenvalue weighted by atomic mass is 32.2. The Morgan fingerprint density at radius 1 is 0.897 bits per heavy atom. The third-order valence-electron chi connectivity index (χ3n) is 4.36. The van der Waals surface area contributed by atoms with Crippen molar-refractivity contribution >= 4 is 34.1 Å². The van der Waals surface area contributed by atoms with E-state index < -0.39 is 0 Å². The second-order valence-corrected chi connectivity index (χ2v) is 8.68. The number of anilines is 1. The maximum absolute atomic E-state index is 12.7. The molecule has 0 aliphatic rings. The van der Waals surface area contributed by atoms with E-state index in [0.717, 1.165) is 32.3 Å².